The van der Waals surface area contributed by atoms with Gasteiger partial charge in [-0.05, 0) is 57.8 Å². The first kappa shape index (κ1) is 63.8. The summed E-state index contributed by atoms with van der Waals surface area (Å²) in [4.78, 5) is 37.0. The third kappa shape index (κ3) is 49.7. The summed E-state index contributed by atoms with van der Waals surface area (Å²) in [6.45, 7) is 4.70. The number of carboxylic acid groups (broad SMARTS) is 1. The van der Waals surface area contributed by atoms with Gasteiger partial charge in [-0.15, -0.1) is 0 Å². The average Bonchev–Trinajstić information content (AvgIpc) is 3.28. The molecule has 0 rings (SSSR count). The Hall–Kier alpha value is -2.23. The summed E-state index contributed by atoms with van der Waals surface area (Å²) in [6, 6.07) is 0. The van der Waals surface area contributed by atoms with Crippen LogP contribution in [-0.4, -0.2) is 82.3 Å². The molecule has 0 aromatic rings. The first-order chi connectivity index (χ1) is 32.1. The van der Waals surface area contributed by atoms with Crippen LogP contribution in [0.5, 0.6) is 0 Å². The van der Waals surface area contributed by atoms with Crippen molar-refractivity contribution < 1.29 is 42.9 Å². The molecular weight excluding hydrogens is 827 g/mol. The van der Waals surface area contributed by atoms with E-state index in [1.807, 2.05) is 21.1 Å². The lowest BCUT2D eigenvalue weighted by molar-refractivity contribution is -0.870. The largest absolute Gasteiger partial charge is 0.545 e. The van der Waals surface area contributed by atoms with E-state index < -0.39 is 24.3 Å². The van der Waals surface area contributed by atoms with Gasteiger partial charge in [-0.25, -0.2) is 0 Å². The number of carbonyl (C=O) groups is 3. The van der Waals surface area contributed by atoms with Gasteiger partial charge < -0.3 is 33.3 Å². The molecule has 2 atom stereocenters. The monoisotopic (exact) mass is 934 g/mol. The lowest BCUT2D eigenvalue weighted by atomic mass is 10.0. The summed E-state index contributed by atoms with van der Waals surface area (Å²) in [7, 11) is 5.92. The van der Waals surface area contributed by atoms with E-state index in [0.717, 1.165) is 57.8 Å². The van der Waals surface area contributed by atoms with E-state index in [-0.39, 0.29) is 38.6 Å². The standard InChI is InChI=1S/C57H107NO8/c1-6-8-10-12-14-16-18-19-20-21-22-23-24-25-26-27-28-29-30-31-32-33-34-35-36-37-38-40-42-44-46-48-55(60)66-53(52-65-57(56(61)62)63-50-49-58(3,4)5)51-64-54(59)47-45-43-41-39-17-15-13-11-9-7-2/h11,13,21-22,53,57H,6-10,12,14-20,23-52H2,1-5H3/b13-11-,22-21-. The Bertz CT molecular complexity index is 1130. The zero-order valence-electron chi connectivity index (χ0n) is 44.1. The maximum Gasteiger partial charge on any atom is 0.306 e. The molecular formula is C57H107NO8. The van der Waals surface area contributed by atoms with Crippen LogP contribution in [0.25, 0.3) is 0 Å². The van der Waals surface area contributed by atoms with Gasteiger partial charge >= 0.3 is 11.9 Å². The minimum atomic E-state index is -1.62. The van der Waals surface area contributed by atoms with Gasteiger partial charge in [0.15, 0.2) is 12.4 Å². The summed E-state index contributed by atoms with van der Waals surface area (Å²) < 4.78 is 22.6. The van der Waals surface area contributed by atoms with Gasteiger partial charge in [0.2, 0.25) is 0 Å². The van der Waals surface area contributed by atoms with Crippen LogP contribution in [0, 0.1) is 0 Å². The maximum atomic E-state index is 12.8. The van der Waals surface area contributed by atoms with E-state index in [2.05, 4.69) is 38.2 Å². The van der Waals surface area contributed by atoms with Crippen molar-refractivity contribution in [2.24, 2.45) is 0 Å². The number of likely N-dealkylation sites (N-methyl/N-ethyl adjacent to an activating group) is 1. The molecule has 0 amide bonds. The van der Waals surface area contributed by atoms with Gasteiger partial charge in [-0.2, -0.15) is 0 Å². The van der Waals surface area contributed by atoms with Crippen LogP contribution in [0.2, 0.25) is 0 Å². The fourth-order valence-corrected chi connectivity index (χ4v) is 8.06. The van der Waals surface area contributed by atoms with Crippen molar-refractivity contribution in [3.05, 3.63) is 24.3 Å². The Morgan fingerprint density at radius 3 is 1.18 bits per heavy atom. The smallest absolute Gasteiger partial charge is 0.306 e. The number of ether oxygens (including phenoxy) is 4. The fourth-order valence-electron chi connectivity index (χ4n) is 8.06. The average molecular weight is 934 g/mol. The number of aliphatic carboxylic acids is 1. The van der Waals surface area contributed by atoms with Gasteiger partial charge in [0, 0.05) is 12.8 Å². The van der Waals surface area contributed by atoms with Crippen molar-refractivity contribution in [3.8, 4) is 0 Å². The molecule has 0 fully saturated rings. The van der Waals surface area contributed by atoms with E-state index in [1.165, 1.54) is 173 Å². The Morgan fingerprint density at radius 1 is 0.439 bits per heavy atom. The molecule has 0 saturated heterocycles. The SMILES string of the molecule is CCC/C=C\CCCCCCCC(=O)OCC(COC(OCC[N+](C)(C)C)C(=O)[O-])OC(=O)CCCCCCCCCCCCCCCCCCCCC/C=C\CCCCCCCCCC. The highest BCUT2D eigenvalue weighted by molar-refractivity contribution is 5.70. The molecule has 0 N–H and O–H groups in total. The number of carboxylic acids is 1. The third-order valence-electron chi connectivity index (χ3n) is 12.4. The van der Waals surface area contributed by atoms with Gasteiger partial charge in [-0.3, -0.25) is 9.59 Å². The second kappa shape index (κ2) is 49.2. The minimum Gasteiger partial charge on any atom is -0.545 e. The third-order valence-corrected chi connectivity index (χ3v) is 12.4. The molecule has 0 saturated carbocycles. The summed E-state index contributed by atoms with van der Waals surface area (Å²) in [5.74, 6) is -2.28. The number of hydrogen-bond acceptors (Lipinski definition) is 8. The van der Waals surface area contributed by atoms with Crippen molar-refractivity contribution in [1.82, 2.24) is 0 Å². The van der Waals surface area contributed by atoms with Crippen LogP contribution >= 0.6 is 0 Å². The van der Waals surface area contributed by atoms with Gasteiger partial charge in [-0.1, -0.05) is 218 Å². The van der Waals surface area contributed by atoms with Gasteiger partial charge in [0.1, 0.15) is 13.2 Å². The van der Waals surface area contributed by atoms with E-state index in [9.17, 15) is 19.5 Å². The molecule has 9 heteroatoms. The molecule has 0 aromatic heterocycles. The lowest BCUT2D eigenvalue weighted by Crippen LogP contribution is -2.44. The van der Waals surface area contributed by atoms with Crippen LogP contribution in [0.1, 0.15) is 264 Å². The number of allylic oxidation sites excluding steroid dienone is 4. The number of hydrogen-bond donors (Lipinski definition) is 0. The molecule has 388 valence electrons. The number of esters is 2. The van der Waals surface area contributed by atoms with E-state index in [1.54, 1.807) is 0 Å². The Labute approximate surface area is 407 Å². The number of rotatable bonds is 52. The second-order valence-electron chi connectivity index (χ2n) is 20.2. The maximum absolute atomic E-state index is 12.8. The second-order valence-corrected chi connectivity index (χ2v) is 20.2. The summed E-state index contributed by atoms with van der Waals surface area (Å²) >= 11 is 0. The van der Waals surface area contributed by atoms with Crippen LogP contribution in [0.4, 0.5) is 0 Å². The molecule has 0 spiro atoms. The zero-order chi connectivity index (χ0) is 48.4. The van der Waals surface area contributed by atoms with Crippen LogP contribution in [-0.2, 0) is 33.3 Å². The van der Waals surface area contributed by atoms with Crippen LogP contribution in [0.3, 0.4) is 0 Å². The molecule has 66 heavy (non-hydrogen) atoms. The van der Waals surface area contributed by atoms with Gasteiger partial charge in [0.05, 0.1) is 40.3 Å². The van der Waals surface area contributed by atoms with Crippen molar-refractivity contribution >= 4 is 17.9 Å². The lowest BCUT2D eigenvalue weighted by Gasteiger charge is -2.26. The highest BCUT2D eigenvalue weighted by Gasteiger charge is 2.22. The predicted molar refractivity (Wildman–Crippen MR) is 274 cm³/mol. The molecule has 9 nitrogen and oxygen atoms in total. The number of nitrogens with zero attached hydrogens (tertiary/aromatic N) is 1. The summed E-state index contributed by atoms with van der Waals surface area (Å²) in [6.07, 6.45) is 54.0. The molecule has 0 aliphatic rings. The Balaban J connectivity index is 4.03. The Kier molecular flexibility index (Phi) is 47.5. The highest BCUT2D eigenvalue weighted by Crippen LogP contribution is 2.17. The minimum absolute atomic E-state index is 0.149. The molecule has 0 aliphatic carbocycles. The Morgan fingerprint density at radius 2 is 0.803 bits per heavy atom. The van der Waals surface area contributed by atoms with Crippen molar-refractivity contribution in [1.29, 1.82) is 0 Å². The molecule has 0 bridgehead atoms. The normalized spacial score (nSPS) is 12.9. The van der Waals surface area contributed by atoms with E-state index in [0.29, 0.717) is 17.4 Å². The summed E-state index contributed by atoms with van der Waals surface area (Å²) in [5, 5.41) is 11.7. The molecule has 0 heterocycles. The van der Waals surface area contributed by atoms with Crippen molar-refractivity contribution in [2.45, 2.75) is 277 Å². The quantitative estimate of drug-likeness (QED) is 0.0195. The first-order valence-corrected chi connectivity index (χ1v) is 28.0. The van der Waals surface area contributed by atoms with Crippen LogP contribution in [0.15, 0.2) is 24.3 Å². The zero-order valence-corrected chi connectivity index (χ0v) is 44.1. The van der Waals surface area contributed by atoms with Crippen LogP contribution < -0.4 is 5.11 Å². The highest BCUT2D eigenvalue weighted by atomic mass is 16.7. The predicted octanol–water partition coefficient (Wildman–Crippen LogP) is 14.6. The number of carbonyl (C=O) groups excluding carboxylic acids is 3. The summed E-state index contributed by atoms with van der Waals surface area (Å²) in [5.41, 5.74) is 0. The number of quaternary nitrogens is 1. The molecule has 0 aliphatic heterocycles. The van der Waals surface area contributed by atoms with Gasteiger partial charge in [0.25, 0.3) is 0 Å². The molecule has 2 unspecified atom stereocenters. The van der Waals surface area contributed by atoms with E-state index in [4.69, 9.17) is 18.9 Å². The molecule has 0 aromatic carbocycles. The van der Waals surface area contributed by atoms with Crippen molar-refractivity contribution in [3.63, 3.8) is 0 Å². The first-order valence-electron chi connectivity index (χ1n) is 28.0. The topological polar surface area (TPSA) is 111 Å². The number of unbranched alkanes of at least 4 members (excludes halogenated alkanes) is 33. The van der Waals surface area contributed by atoms with Crippen molar-refractivity contribution in [2.75, 3.05) is 47.5 Å². The molecule has 0 radical (unpaired) electrons. The fraction of sp³-hybridized carbons (Fsp3) is 0.877. The van der Waals surface area contributed by atoms with E-state index >= 15 is 0 Å².